The van der Waals surface area contributed by atoms with E-state index in [4.69, 9.17) is 0 Å². The van der Waals surface area contributed by atoms with Crippen LogP contribution in [0.3, 0.4) is 0 Å². The van der Waals surface area contributed by atoms with Crippen LogP contribution >= 0.6 is 23.5 Å². The largest absolute Gasteiger partial charge is 0.117 e. The molecule has 0 spiro atoms. The van der Waals surface area contributed by atoms with Gasteiger partial charge in [-0.15, -0.1) is 23.5 Å². The highest BCUT2D eigenvalue weighted by Gasteiger charge is 2.58. The highest BCUT2D eigenvalue weighted by atomic mass is 32.2. The zero-order chi connectivity index (χ0) is 17.8. The second kappa shape index (κ2) is 4.90. The Balaban J connectivity index is 1.50. The van der Waals surface area contributed by atoms with E-state index in [-0.39, 0.29) is 0 Å². The summed E-state index contributed by atoms with van der Waals surface area (Å²) in [6, 6.07) is 18.5. The number of hydrogen-bond donors (Lipinski definition) is 0. The lowest BCUT2D eigenvalue weighted by atomic mass is 10.1. The predicted molar refractivity (Wildman–Crippen MR) is 124 cm³/mol. The molecule has 26 heavy (non-hydrogen) atoms. The summed E-state index contributed by atoms with van der Waals surface area (Å²) in [4.78, 5) is 3.32. The lowest BCUT2D eigenvalue weighted by Crippen LogP contribution is -2.48. The van der Waals surface area contributed by atoms with Crippen molar-refractivity contribution in [2.45, 2.75) is 36.7 Å². The Morgan fingerprint density at radius 1 is 0.615 bits per heavy atom. The predicted octanol–water partition coefficient (Wildman–Crippen LogP) is 4.98. The molecule has 4 aliphatic heterocycles. The molecule has 2 atom stereocenters. The third-order valence-corrected chi connectivity index (χ3v) is 18.1. The number of benzene rings is 2. The molecule has 4 heteroatoms. The van der Waals surface area contributed by atoms with Crippen molar-refractivity contribution in [2.24, 2.45) is 0 Å². The third-order valence-electron chi connectivity index (χ3n) is 6.86. The van der Waals surface area contributed by atoms with Gasteiger partial charge < -0.3 is 0 Å². The Labute approximate surface area is 166 Å². The highest BCUT2D eigenvalue weighted by Crippen LogP contribution is 2.65. The first kappa shape index (κ1) is 16.0. The van der Waals surface area contributed by atoms with Gasteiger partial charge >= 0.3 is 0 Å². The van der Waals surface area contributed by atoms with E-state index in [2.05, 4.69) is 98.2 Å². The summed E-state index contributed by atoms with van der Waals surface area (Å²) in [5.74, 6) is 0. The van der Waals surface area contributed by atoms with Crippen LogP contribution in [-0.2, 0) is 0 Å². The lowest BCUT2D eigenvalue weighted by molar-refractivity contribution is 1.09. The first-order valence-corrected chi connectivity index (χ1v) is 17.2. The maximum Gasteiger partial charge on any atom is 0.111 e. The molecule has 0 saturated carbocycles. The fourth-order valence-corrected chi connectivity index (χ4v) is 19.7. The molecule has 0 radical (unpaired) electrons. The second-order valence-electron chi connectivity index (χ2n) is 8.90. The summed E-state index contributed by atoms with van der Waals surface area (Å²) in [5.41, 5.74) is 3.13. The summed E-state index contributed by atoms with van der Waals surface area (Å²) in [5, 5.41) is 8.40. The molecule has 2 unspecified atom stereocenters. The normalized spacial score (nSPS) is 28.8. The Hall–Kier alpha value is -0.946. The van der Waals surface area contributed by atoms with Crippen LogP contribution in [0.5, 0.6) is 0 Å². The molecule has 130 valence electrons. The van der Waals surface area contributed by atoms with Crippen molar-refractivity contribution in [3.05, 3.63) is 70.1 Å². The summed E-state index contributed by atoms with van der Waals surface area (Å²) in [6.07, 6.45) is 0. The van der Waals surface area contributed by atoms with Gasteiger partial charge in [-0.2, -0.15) is 0 Å². The molecule has 0 aliphatic carbocycles. The molecular formula is C22H22S2Si2. The first-order chi connectivity index (χ1) is 12.4. The SMILES string of the molecule is C[Si]1(C)C2=C(SC3C4=C(SC23)c2ccccc2[Si]4(C)C)c2ccccc21. The quantitative estimate of drug-likeness (QED) is 0.566. The van der Waals surface area contributed by atoms with Crippen molar-refractivity contribution in [3.63, 3.8) is 0 Å². The number of thioether (sulfide) groups is 2. The van der Waals surface area contributed by atoms with E-state index in [9.17, 15) is 0 Å². The molecule has 6 rings (SSSR count). The Kier molecular flexibility index (Phi) is 3.03. The minimum Gasteiger partial charge on any atom is -0.117 e. The van der Waals surface area contributed by atoms with Gasteiger partial charge in [-0.1, -0.05) is 74.7 Å². The first-order valence-electron chi connectivity index (χ1n) is 9.45. The molecule has 0 amide bonds. The maximum atomic E-state index is 2.58. The van der Waals surface area contributed by atoms with Crippen LogP contribution in [-0.4, -0.2) is 26.6 Å². The van der Waals surface area contributed by atoms with Gasteiger partial charge in [0.1, 0.15) is 16.1 Å². The topological polar surface area (TPSA) is 0 Å². The average Bonchev–Trinajstić information content (AvgIpc) is 3.27. The molecule has 0 aromatic heterocycles. The Morgan fingerprint density at radius 3 is 1.42 bits per heavy atom. The molecule has 4 aliphatic rings. The average molecular weight is 407 g/mol. The van der Waals surface area contributed by atoms with Gasteiger partial charge in [0, 0.05) is 20.3 Å². The molecule has 2 aromatic rings. The van der Waals surface area contributed by atoms with Gasteiger partial charge in [0.05, 0.1) is 0 Å². The standard InChI is InChI=1S/C22H22S2Si2/c1-25(2)15-11-7-5-9-13(15)17-21(25)19-20(23-17)22-18(24-19)14-10-6-8-12-16(14)26(22,3)4/h5-12,19-20H,1-4H3. The van der Waals surface area contributed by atoms with Crippen LogP contribution in [0.15, 0.2) is 58.9 Å². The summed E-state index contributed by atoms with van der Waals surface area (Å²) in [7, 11) is -3.07. The molecule has 2 aromatic carbocycles. The smallest absolute Gasteiger partial charge is 0.111 e. The Bertz CT molecular complexity index is 976. The fourth-order valence-electron chi connectivity index (χ4n) is 5.62. The second-order valence-corrected chi connectivity index (χ2v) is 19.9. The van der Waals surface area contributed by atoms with E-state index < -0.39 is 16.1 Å². The van der Waals surface area contributed by atoms with Crippen molar-refractivity contribution in [1.29, 1.82) is 0 Å². The molecule has 0 bridgehead atoms. The minimum absolute atomic E-state index is 0.689. The molecule has 0 saturated heterocycles. The monoisotopic (exact) mass is 406 g/mol. The van der Waals surface area contributed by atoms with Crippen molar-refractivity contribution in [2.75, 3.05) is 0 Å². The van der Waals surface area contributed by atoms with E-state index in [1.54, 1.807) is 31.3 Å². The van der Waals surface area contributed by atoms with Gasteiger partial charge in [-0.25, -0.2) is 0 Å². The van der Waals surface area contributed by atoms with Crippen LogP contribution in [0.1, 0.15) is 11.1 Å². The zero-order valence-electron chi connectivity index (χ0n) is 15.6. The summed E-state index contributed by atoms with van der Waals surface area (Å²) in [6.45, 7) is 10.3. The molecule has 0 nitrogen and oxygen atoms in total. The third kappa shape index (κ3) is 1.71. The van der Waals surface area contributed by atoms with Crippen molar-refractivity contribution in [1.82, 2.24) is 0 Å². The zero-order valence-corrected chi connectivity index (χ0v) is 19.2. The maximum absolute atomic E-state index is 2.58. The van der Waals surface area contributed by atoms with Gasteiger partial charge in [0.25, 0.3) is 0 Å². The van der Waals surface area contributed by atoms with Crippen LogP contribution in [0.2, 0.25) is 26.2 Å². The van der Waals surface area contributed by atoms with Crippen LogP contribution in [0.4, 0.5) is 0 Å². The van der Waals surface area contributed by atoms with Gasteiger partial charge in [-0.3, -0.25) is 0 Å². The van der Waals surface area contributed by atoms with E-state index in [1.165, 1.54) is 0 Å². The van der Waals surface area contributed by atoms with E-state index in [0.717, 1.165) is 0 Å². The van der Waals surface area contributed by atoms with Crippen molar-refractivity contribution in [3.8, 4) is 0 Å². The number of hydrogen-bond acceptors (Lipinski definition) is 2. The fraction of sp³-hybridized carbons (Fsp3) is 0.273. The highest BCUT2D eigenvalue weighted by molar-refractivity contribution is 8.15. The van der Waals surface area contributed by atoms with Gasteiger partial charge in [0.2, 0.25) is 0 Å². The summed E-state index contributed by atoms with van der Waals surface area (Å²) < 4.78 is 0. The van der Waals surface area contributed by atoms with E-state index >= 15 is 0 Å². The molecule has 0 fully saturated rings. The van der Waals surface area contributed by atoms with Crippen LogP contribution in [0, 0.1) is 0 Å². The van der Waals surface area contributed by atoms with E-state index in [0.29, 0.717) is 10.5 Å². The van der Waals surface area contributed by atoms with Crippen molar-refractivity contribution >= 4 is 59.9 Å². The Morgan fingerprint density at radius 2 is 1.00 bits per heavy atom. The van der Waals surface area contributed by atoms with Gasteiger partial charge in [0.15, 0.2) is 0 Å². The van der Waals surface area contributed by atoms with Crippen LogP contribution < -0.4 is 10.4 Å². The van der Waals surface area contributed by atoms with E-state index in [1.807, 2.05) is 10.4 Å². The molecular weight excluding hydrogens is 385 g/mol. The number of rotatable bonds is 0. The van der Waals surface area contributed by atoms with Crippen LogP contribution in [0.25, 0.3) is 9.81 Å². The van der Waals surface area contributed by atoms with Crippen molar-refractivity contribution < 1.29 is 0 Å². The lowest BCUT2D eigenvalue weighted by Gasteiger charge is -2.31. The summed E-state index contributed by atoms with van der Waals surface area (Å²) >= 11 is 4.43. The molecule has 4 heterocycles. The number of fused-ring (bicyclic) bond motifs is 7. The van der Waals surface area contributed by atoms with Gasteiger partial charge in [-0.05, 0) is 31.9 Å². The molecule has 0 N–H and O–H groups in total. The minimum atomic E-state index is -1.54.